The fraction of sp³-hybridized carbons (Fsp3) is 0.192. The van der Waals surface area contributed by atoms with E-state index in [1.807, 2.05) is 42.5 Å². The van der Waals surface area contributed by atoms with Gasteiger partial charge in [-0.1, -0.05) is 54.6 Å². The molecular formula is C26H24N2O4. The van der Waals surface area contributed by atoms with E-state index in [1.54, 1.807) is 43.3 Å². The normalized spacial score (nSPS) is 17.4. The molecule has 4 rings (SSSR count). The summed E-state index contributed by atoms with van der Waals surface area (Å²) >= 11 is 0. The van der Waals surface area contributed by atoms with Crippen LogP contribution in [0.5, 0.6) is 0 Å². The summed E-state index contributed by atoms with van der Waals surface area (Å²) in [6.07, 6.45) is 0.345. The van der Waals surface area contributed by atoms with Crippen LogP contribution in [-0.2, 0) is 22.5 Å². The minimum atomic E-state index is -1.19. The summed E-state index contributed by atoms with van der Waals surface area (Å²) < 4.78 is 4.83. The second-order valence-electron chi connectivity index (χ2n) is 7.96. The molecule has 0 aromatic heterocycles. The first-order chi connectivity index (χ1) is 15.4. The van der Waals surface area contributed by atoms with Gasteiger partial charge in [0.15, 0.2) is 0 Å². The molecule has 6 heteroatoms. The van der Waals surface area contributed by atoms with E-state index in [1.165, 1.54) is 12.0 Å². The zero-order valence-electron chi connectivity index (χ0n) is 18.0. The third-order valence-electron chi connectivity index (χ3n) is 5.79. The molecule has 162 valence electrons. The number of ether oxygens (including phenoxy) is 1. The van der Waals surface area contributed by atoms with Crippen molar-refractivity contribution in [1.29, 1.82) is 0 Å². The molecule has 0 aliphatic carbocycles. The Morgan fingerprint density at radius 3 is 2.47 bits per heavy atom. The first kappa shape index (κ1) is 21.3. The Morgan fingerprint density at radius 2 is 1.72 bits per heavy atom. The molecule has 1 aliphatic rings. The Morgan fingerprint density at radius 1 is 1.00 bits per heavy atom. The van der Waals surface area contributed by atoms with Gasteiger partial charge in [-0.05, 0) is 42.3 Å². The summed E-state index contributed by atoms with van der Waals surface area (Å²) in [5.41, 5.74) is 1.91. The SMILES string of the molecule is COC(=O)c1cccc(N2C(=O)c3ccccc3C[C@@]2(C)C(=O)NCc2ccccc2)c1. The maximum absolute atomic E-state index is 13.6. The third kappa shape index (κ3) is 3.87. The largest absolute Gasteiger partial charge is 0.465 e. The van der Waals surface area contributed by atoms with Crippen molar-refractivity contribution in [1.82, 2.24) is 5.32 Å². The minimum absolute atomic E-state index is 0.271. The van der Waals surface area contributed by atoms with Gasteiger partial charge in [0.25, 0.3) is 5.91 Å². The average molecular weight is 428 g/mol. The summed E-state index contributed by atoms with van der Waals surface area (Å²) in [6, 6.07) is 23.5. The summed E-state index contributed by atoms with van der Waals surface area (Å²) in [6.45, 7) is 2.10. The van der Waals surface area contributed by atoms with E-state index in [0.29, 0.717) is 29.8 Å². The van der Waals surface area contributed by atoms with Crippen LogP contribution in [-0.4, -0.2) is 30.4 Å². The highest BCUT2D eigenvalue weighted by Gasteiger charge is 2.47. The van der Waals surface area contributed by atoms with Crippen LogP contribution in [0.1, 0.15) is 38.8 Å². The maximum Gasteiger partial charge on any atom is 0.337 e. The number of nitrogens with one attached hydrogen (secondary N) is 1. The molecule has 3 aromatic carbocycles. The molecule has 32 heavy (non-hydrogen) atoms. The Bertz CT molecular complexity index is 1180. The number of benzene rings is 3. The molecule has 1 aliphatic heterocycles. The molecule has 2 amide bonds. The lowest BCUT2D eigenvalue weighted by Crippen LogP contribution is -2.63. The molecule has 6 nitrogen and oxygen atoms in total. The molecule has 0 spiro atoms. The first-order valence-corrected chi connectivity index (χ1v) is 10.4. The molecular weight excluding hydrogens is 404 g/mol. The van der Waals surface area contributed by atoms with Gasteiger partial charge in [-0.15, -0.1) is 0 Å². The van der Waals surface area contributed by atoms with Crippen LogP contribution < -0.4 is 10.2 Å². The number of fused-ring (bicyclic) bond motifs is 1. The predicted octanol–water partition coefficient (Wildman–Crippen LogP) is 3.75. The Balaban J connectivity index is 1.75. The van der Waals surface area contributed by atoms with Crippen molar-refractivity contribution in [2.45, 2.75) is 25.4 Å². The third-order valence-corrected chi connectivity index (χ3v) is 5.79. The highest BCUT2D eigenvalue weighted by Crippen LogP contribution is 2.36. The molecule has 1 atom stereocenters. The number of hydrogen-bond acceptors (Lipinski definition) is 4. The Labute approximate surface area is 186 Å². The number of anilines is 1. The van der Waals surface area contributed by atoms with Crippen molar-refractivity contribution in [2.75, 3.05) is 12.0 Å². The number of methoxy groups -OCH3 is 1. The highest BCUT2D eigenvalue weighted by atomic mass is 16.5. The monoisotopic (exact) mass is 428 g/mol. The van der Waals surface area contributed by atoms with Gasteiger partial charge in [-0.2, -0.15) is 0 Å². The van der Waals surface area contributed by atoms with E-state index in [-0.39, 0.29) is 11.8 Å². The van der Waals surface area contributed by atoms with Crippen LogP contribution in [0.15, 0.2) is 78.9 Å². The first-order valence-electron chi connectivity index (χ1n) is 10.4. The van der Waals surface area contributed by atoms with Crippen LogP contribution >= 0.6 is 0 Å². The van der Waals surface area contributed by atoms with E-state index < -0.39 is 11.5 Å². The van der Waals surface area contributed by atoms with Crippen molar-refractivity contribution >= 4 is 23.5 Å². The summed E-state index contributed by atoms with van der Waals surface area (Å²) in [5, 5.41) is 2.98. The molecule has 0 saturated carbocycles. The average Bonchev–Trinajstić information content (AvgIpc) is 2.83. The van der Waals surface area contributed by atoms with Crippen LogP contribution in [0.4, 0.5) is 5.69 Å². The maximum atomic E-state index is 13.6. The smallest absolute Gasteiger partial charge is 0.337 e. The molecule has 1 heterocycles. The fourth-order valence-corrected chi connectivity index (χ4v) is 4.12. The number of rotatable bonds is 5. The van der Waals surface area contributed by atoms with Crippen molar-refractivity contribution in [2.24, 2.45) is 0 Å². The lowest BCUT2D eigenvalue weighted by atomic mass is 9.82. The summed E-state index contributed by atoms with van der Waals surface area (Å²) in [7, 11) is 1.30. The Kier molecular flexibility index (Phi) is 5.77. The number of carbonyl (C=O) groups excluding carboxylic acids is 3. The highest BCUT2D eigenvalue weighted by molar-refractivity contribution is 6.14. The molecule has 0 bridgehead atoms. The number of nitrogens with zero attached hydrogens (tertiary/aromatic N) is 1. The number of hydrogen-bond donors (Lipinski definition) is 1. The van der Waals surface area contributed by atoms with Crippen molar-refractivity contribution in [3.63, 3.8) is 0 Å². The Hall–Kier alpha value is -3.93. The zero-order chi connectivity index (χ0) is 22.7. The van der Waals surface area contributed by atoms with Gasteiger partial charge < -0.3 is 10.1 Å². The molecule has 0 unspecified atom stereocenters. The van der Waals surface area contributed by atoms with Crippen LogP contribution in [0, 0.1) is 0 Å². The minimum Gasteiger partial charge on any atom is -0.465 e. The number of esters is 1. The van der Waals surface area contributed by atoms with Gasteiger partial charge in [-0.3, -0.25) is 14.5 Å². The van der Waals surface area contributed by atoms with Gasteiger partial charge in [0.2, 0.25) is 5.91 Å². The lowest BCUT2D eigenvalue weighted by Gasteiger charge is -2.44. The standard InChI is InChI=1S/C26H24N2O4/c1-26(25(31)27-17-18-9-4-3-5-10-18)16-20-11-6-7-14-22(20)23(29)28(26)21-13-8-12-19(15-21)24(30)32-2/h3-15H,16-17H2,1-2H3,(H,27,31)/t26-/m0/s1. The van der Waals surface area contributed by atoms with E-state index in [4.69, 9.17) is 4.74 Å². The fourth-order valence-electron chi connectivity index (χ4n) is 4.12. The quantitative estimate of drug-likeness (QED) is 0.628. The van der Waals surface area contributed by atoms with Gasteiger partial charge in [-0.25, -0.2) is 4.79 Å². The van der Waals surface area contributed by atoms with E-state index >= 15 is 0 Å². The van der Waals surface area contributed by atoms with Gasteiger partial charge in [0.05, 0.1) is 12.7 Å². The predicted molar refractivity (Wildman–Crippen MR) is 121 cm³/mol. The van der Waals surface area contributed by atoms with Crippen LogP contribution in [0.25, 0.3) is 0 Å². The number of amides is 2. The van der Waals surface area contributed by atoms with Gasteiger partial charge in [0, 0.05) is 24.2 Å². The topological polar surface area (TPSA) is 75.7 Å². The molecule has 3 aromatic rings. The second kappa shape index (κ2) is 8.67. The lowest BCUT2D eigenvalue weighted by molar-refractivity contribution is -0.126. The number of carbonyl (C=O) groups is 3. The summed E-state index contributed by atoms with van der Waals surface area (Å²) in [4.78, 5) is 40.7. The zero-order valence-corrected chi connectivity index (χ0v) is 18.0. The molecule has 0 radical (unpaired) electrons. The summed E-state index contributed by atoms with van der Waals surface area (Å²) in [5.74, 6) is -1.06. The van der Waals surface area contributed by atoms with Crippen molar-refractivity contribution in [3.05, 3.63) is 101 Å². The van der Waals surface area contributed by atoms with Crippen molar-refractivity contribution < 1.29 is 19.1 Å². The van der Waals surface area contributed by atoms with Gasteiger partial charge >= 0.3 is 5.97 Å². The molecule has 0 fully saturated rings. The molecule has 1 N–H and O–H groups in total. The van der Waals surface area contributed by atoms with Crippen LogP contribution in [0.3, 0.4) is 0 Å². The van der Waals surface area contributed by atoms with E-state index in [9.17, 15) is 14.4 Å². The molecule has 0 saturated heterocycles. The second-order valence-corrected chi connectivity index (χ2v) is 7.96. The van der Waals surface area contributed by atoms with E-state index in [0.717, 1.165) is 11.1 Å². The van der Waals surface area contributed by atoms with E-state index in [2.05, 4.69) is 5.32 Å². The van der Waals surface area contributed by atoms with Crippen molar-refractivity contribution in [3.8, 4) is 0 Å². The van der Waals surface area contributed by atoms with Gasteiger partial charge in [0.1, 0.15) is 5.54 Å². The van der Waals surface area contributed by atoms with Crippen LogP contribution in [0.2, 0.25) is 0 Å².